The molecule has 0 fully saturated rings. The highest BCUT2D eigenvalue weighted by atomic mass is 35.5. The number of carbonyl (C=O) groups is 1. The van der Waals surface area contributed by atoms with Gasteiger partial charge in [-0.15, -0.1) is 11.3 Å². The minimum atomic E-state index is -1.04. The van der Waals surface area contributed by atoms with Gasteiger partial charge >= 0.3 is 5.97 Å². The number of aromatic carboxylic acids is 1. The van der Waals surface area contributed by atoms with Crippen LogP contribution < -0.4 is 0 Å². The van der Waals surface area contributed by atoms with E-state index in [9.17, 15) is 9.90 Å². The molecule has 0 aliphatic carbocycles. The van der Waals surface area contributed by atoms with Gasteiger partial charge in [-0.3, -0.25) is 0 Å². The first-order valence-electron chi connectivity index (χ1n) is 9.98. The Labute approximate surface area is 189 Å². The SMILES string of the molecule is CN(C)C(CCc1ncc[nH]1)Cc1ccc2nc(-c3ccc(Cl)c(C(=O)O)c3)sc2c1. The number of likely N-dealkylation sites (N-methyl/N-ethyl adjacent to an activating group) is 1. The Morgan fingerprint density at radius 2 is 2.10 bits per heavy atom. The fourth-order valence-corrected chi connectivity index (χ4v) is 4.82. The van der Waals surface area contributed by atoms with E-state index in [1.807, 2.05) is 18.3 Å². The fourth-order valence-electron chi connectivity index (χ4n) is 3.59. The van der Waals surface area contributed by atoms with E-state index in [0.29, 0.717) is 6.04 Å². The lowest BCUT2D eigenvalue weighted by Crippen LogP contribution is -2.30. The van der Waals surface area contributed by atoms with Crippen molar-refractivity contribution in [2.24, 2.45) is 0 Å². The molecule has 0 bridgehead atoms. The lowest BCUT2D eigenvalue weighted by Gasteiger charge is -2.24. The summed E-state index contributed by atoms with van der Waals surface area (Å²) in [5, 5.41) is 10.3. The minimum absolute atomic E-state index is 0.0875. The number of aromatic nitrogens is 3. The summed E-state index contributed by atoms with van der Waals surface area (Å²) in [6.45, 7) is 0. The molecular weight excluding hydrogens is 432 g/mol. The van der Waals surface area contributed by atoms with Crippen molar-refractivity contribution in [3.63, 3.8) is 0 Å². The molecule has 6 nitrogen and oxygen atoms in total. The average Bonchev–Trinajstić information content (AvgIpc) is 3.40. The molecule has 8 heteroatoms. The first kappa shape index (κ1) is 21.5. The van der Waals surface area contributed by atoms with Gasteiger partial charge in [-0.05, 0) is 56.8 Å². The smallest absolute Gasteiger partial charge is 0.337 e. The van der Waals surface area contributed by atoms with Gasteiger partial charge in [0.05, 0.1) is 20.8 Å². The zero-order chi connectivity index (χ0) is 22.0. The first-order chi connectivity index (χ1) is 14.9. The van der Waals surface area contributed by atoms with Gasteiger partial charge in [0.2, 0.25) is 0 Å². The van der Waals surface area contributed by atoms with Crippen LogP contribution in [0.1, 0.15) is 28.2 Å². The maximum atomic E-state index is 11.4. The molecule has 2 N–H and O–H groups in total. The molecular formula is C23H23ClN4O2S. The average molecular weight is 455 g/mol. The van der Waals surface area contributed by atoms with Gasteiger partial charge in [0.1, 0.15) is 10.8 Å². The molecule has 0 radical (unpaired) electrons. The second-order valence-electron chi connectivity index (χ2n) is 7.72. The largest absolute Gasteiger partial charge is 0.478 e. The van der Waals surface area contributed by atoms with Crippen molar-refractivity contribution in [3.05, 3.63) is 70.8 Å². The number of carboxylic acid groups (broad SMARTS) is 1. The first-order valence-corrected chi connectivity index (χ1v) is 11.2. The summed E-state index contributed by atoms with van der Waals surface area (Å²) < 4.78 is 1.09. The van der Waals surface area contributed by atoms with Gasteiger partial charge in [-0.2, -0.15) is 0 Å². The summed E-state index contributed by atoms with van der Waals surface area (Å²) in [5.41, 5.74) is 3.01. The molecule has 1 unspecified atom stereocenters. The summed E-state index contributed by atoms with van der Waals surface area (Å²) in [7, 11) is 4.22. The number of hydrogen-bond donors (Lipinski definition) is 2. The zero-order valence-electron chi connectivity index (χ0n) is 17.3. The number of halogens is 1. The lowest BCUT2D eigenvalue weighted by molar-refractivity contribution is 0.0697. The van der Waals surface area contributed by atoms with Crippen LogP contribution in [0.2, 0.25) is 5.02 Å². The monoisotopic (exact) mass is 454 g/mol. The second kappa shape index (κ2) is 9.18. The Morgan fingerprint density at radius 3 is 2.81 bits per heavy atom. The molecule has 2 aromatic carbocycles. The van der Waals surface area contributed by atoms with E-state index in [0.717, 1.165) is 45.9 Å². The third-order valence-electron chi connectivity index (χ3n) is 5.37. The van der Waals surface area contributed by atoms with Crippen molar-refractivity contribution in [2.45, 2.75) is 25.3 Å². The van der Waals surface area contributed by atoms with Crippen LogP contribution in [0.3, 0.4) is 0 Å². The normalized spacial score (nSPS) is 12.5. The van der Waals surface area contributed by atoms with Crippen LogP contribution >= 0.6 is 22.9 Å². The van der Waals surface area contributed by atoms with E-state index < -0.39 is 5.97 Å². The van der Waals surface area contributed by atoms with Gasteiger partial charge < -0.3 is 15.0 Å². The second-order valence-corrected chi connectivity index (χ2v) is 9.15. The van der Waals surface area contributed by atoms with Gasteiger partial charge in [-0.25, -0.2) is 14.8 Å². The van der Waals surface area contributed by atoms with Crippen molar-refractivity contribution in [2.75, 3.05) is 14.1 Å². The molecule has 2 aromatic heterocycles. The molecule has 0 saturated heterocycles. The zero-order valence-corrected chi connectivity index (χ0v) is 18.9. The van der Waals surface area contributed by atoms with Crippen molar-refractivity contribution < 1.29 is 9.90 Å². The van der Waals surface area contributed by atoms with Gasteiger partial charge in [0.15, 0.2) is 0 Å². The molecule has 0 aliphatic heterocycles. The van der Waals surface area contributed by atoms with Crippen LogP contribution in [0.15, 0.2) is 48.8 Å². The summed E-state index contributed by atoms with van der Waals surface area (Å²) in [6.07, 6.45) is 6.49. The van der Waals surface area contributed by atoms with Crippen molar-refractivity contribution in [1.29, 1.82) is 0 Å². The Bertz CT molecular complexity index is 1200. The van der Waals surface area contributed by atoms with Crippen LogP contribution in [-0.2, 0) is 12.8 Å². The van der Waals surface area contributed by atoms with Crippen molar-refractivity contribution in [1.82, 2.24) is 19.9 Å². The Balaban J connectivity index is 1.55. The highest BCUT2D eigenvalue weighted by molar-refractivity contribution is 7.21. The number of nitrogens with zero attached hydrogens (tertiary/aromatic N) is 3. The van der Waals surface area contributed by atoms with Crippen molar-refractivity contribution in [3.8, 4) is 10.6 Å². The number of hydrogen-bond acceptors (Lipinski definition) is 5. The number of aryl methyl sites for hydroxylation is 1. The predicted molar refractivity (Wildman–Crippen MR) is 125 cm³/mol. The number of imidazole rings is 1. The van der Waals surface area contributed by atoms with Gasteiger partial charge in [0.25, 0.3) is 0 Å². The minimum Gasteiger partial charge on any atom is -0.478 e. The number of aromatic amines is 1. The topological polar surface area (TPSA) is 82.1 Å². The van der Waals surface area contributed by atoms with Gasteiger partial charge in [-0.1, -0.05) is 23.7 Å². The molecule has 0 aliphatic rings. The van der Waals surface area contributed by atoms with Gasteiger partial charge in [0, 0.05) is 30.4 Å². The third-order valence-corrected chi connectivity index (χ3v) is 6.76. The van der Waals surface area contributed by atoms with E-state index in [-0.39, 0.29) is 10.6 Å². The van der Waals surface area contributed by atoms with E-state index in [1.54, 1.807) is 29.7 Å². The lowest BCUT2D eigenvalue weighted by atomic mass is 10.0. The van der Waals surface area contributed by atoms with E-state index >= 15 is 0 Å². The highest BCUT2D eigenvalue weighted by Crippen LogP contribution is 2.33. The Morgan fingerprint density at radius 1 is 1.26 bits per heavy atom. The molecule has 4 aromatic rings. The number of thiazole rings is 1. The van der Waals surface area contributed by atoms with Crippen molar-refractivity contribution >= 4 is 39.1 Å². The maximum absolute atomic E-state index is 11.4. The van der Waals surface area contributed by atoms with Crippen LogP contribution in [-0.4, -0.2) is 51.1 Å². The van der Waals surface area contributed by atoms with E-state index in [2.05, 4.69) is 41.1 Å². The Hall–Kier alpha value is -2.74. The summed E-state index contributed by atoms with van der Waals surface area (Å²) in [6, 6.07) is 11.7. The predicted octanol–water partition coefficient (Wildman–Crippen LogP) is 5.14. The van der Waals surface area contributed by atoms with Crippen LogP contribution in [0.4, 0.5) is 0 Å². The standard InChI is InChI=1S/C23H23ClN4O2S/c1-28(2)16(5-8-21-25-9-10-26-21)11-14-3-7-19-20(12-14)31-22(27-19)15-4-6-18(24)17(13-15)23(29)30/h3-4,6-7,9-10,12-13,16H,5,8,11H2,1-2H3,(H,25,26)(H,29,30). The summed E-state index contributed by atoms with van der Waals surface area (Å²) >= 11 is 7.56. The van der Waals surface area contributed by atoms with E-state index in [1.165, 1.54) is 5.56 Å². The number of H-pyrrole nitrogens is 1. The maximum Gasteiger partial charge on any atom is 0.337 e. The fraction of sp³-hybridized carbons (Fsp3) is 0.261. The molecule has 0 saturated carbocycles. The molecule has 0 spiro atoms. The number of benzene rings is 2. The van der Waals surface area contributed by atoms with E-state index in [4.69, 9.17) is 16.6 Å². The van der Waals surface area contributed by atoms with Crippen LogP contribution in [0.5, 0.6) is 0 Å². The number of nitrogens with one attached hydrogen (secondary N) is 1. The van der Waals surface area contributed by atoms with Crippen LogP contribution in [0, 0.1) is 0 Å². The number of fused-ring (bicyclic) bond motifs is 1. The third kappa shape index (κ3) is 4.95. The Kier molecular flexibility index (Phi) is 6.36. The molecule has 31 heavy (non-hydrogen) atoms. The molecule has 2 heterocycles. The number of carboxylic acids is 1. The quantitative estimate of drug-likeness (QED) is 0.385. The number of rotatable bonds is 8. The summed E-state index contributed by atoms with van der Waals surface area (Å²) in [5.74, 6) is -0.0300. The summed E-state index contributed by atoms with van der Waals surface area (Å²) in [4.78, 5) is 25.8. The molecule has 1 atom stereocenters. The van der Waals surface area contributed by atoms with Crippen LogP contribution in [0.25, 0.3) is 20.8 Å². The molecule has 160 valence electrons. The molecule has 0 amide bonds. The highest BCUT2D eigenvalue weighted by Gasteiger charge is 2.16. The molecule has 4 rings (SSSR count).